The van der Waals surface area contributed by atoms with Crippen LogP contribution in [0.25, 0.3) is 0 Å². The average Bonchev–Trinajstić information content (AvgIpc) is 2.54. The van der Waals surface area contributed by atoms with Crippen LogP contribution in [-0.4, -0.2) is 24.5 Å². The summed E-state index contributed by atoms with van der Waals surface area (Å²) in [7, 11) is 0. The number of benzene rings is 2. The maximum atomic E-state index is 12.2. The Kier molecular flexibility index (Phi) is 6.87. The first-order valence-corrected chi connectivity index (χ1v) is 9.63. The van der Waals surface area contributed by atoms with Crippen LogP contribution in [0.3, 0.4) is 0 Å². The molecule has 2 nitrogen and oxygen atoms in total. The van der Waals surface area contributed by atoms with Gasteiger partial charge in [0.1, 0.15) is 0 Å². The van der Waals surface area contributed by atoms with Crippen molar-refractivity contribution >= 4 is 29.4 Å². The smallest absolute Gasteiger partial charge is 0.252 e. The van der Waals surface area contributed by atoms with Gasteiger partial charge in [0.2, 0.25) is 0 Å². The molecule has 0 aliphatic heterocycles. The van der Waals surface area contributed by atoms with Crippen molar-refractivity contribution in [2.75, 3.05) is 18.6 Å². The Morgan fingerprint density at radius 3 is 2.73 bits per heavy atom. The van der Waals surface area contributed by atoms with E-state index in [1.165, 1.54) is 11.1 Å². The summed E-state index contributed by atoms with van der Waals surface area (Å²) in [6, 6.07) is 16.3. The van der Waals surface area contributed by atoms with E-state index in [0.717, 1.165) is 22.0 Å². The second kappa shape index (κ2) is 8.91. The zero-order chi connectivity index (χ0) is 15.8. The molecular weight excluding hydrogens is 310 g/mol. The summed E-state index contributed by atoms with van der Waals surface area (Å²) in [6.07, 6.45) is 1.99. The van der Waals surface area contributed by atoms with Crippen LogP contribution in [0.5, 0.6) is 0 Å². The lowest BCUT2D eigenvalue weighted by molar-refractivity contribution is 0.0953. The molecule has 0 heterocycles. The summed E-state index contributed by atoms with van der Waals surface area (Å²) >= 11 is 3.44. The number of carbonyl (C=O) groups excluding carboxylic acids is 1. The molecule has 1 amide bonds. The van der Waals surface area contributed by atoms with Crippen LogP contribution < -0.4 is 5.32 Å². The van der Waals surface area contributed by atoms with Gasteiger partial charge in [-0.15, -0.1) is 11.8 Å². The molecule has 0 saturated carbocycles. The number of carbonyl (C=O) groups is 1. The largest absolute Gasteiger partial charge is 0.351 e. The molecule has 0 bridgehead atoms. The normalized spacial score (nSPS) is 10.5. The number of nitrogens with one attached hydrogen (secondary N) is 1. The number of hydrogen-bond acceptors (Lipinski definition) is 3. The zero-order valence-corrected chi connectivity index (χ0v) is 14.6. The topological polar surface area (TPSA) is 29.1 Å². The van der Waals surface area contributed by atoms with Gasteiger partial charge in [-0.2, -0.15) is 11.8 Å². The van der Waals surface area contributed by atoms with Gasteiger partial charge in [-0.3, -0.25) is 4.79 Å². The van der Waals surface area contributed by atoms with Gasteiger partial charge in [0.25, 0.3) is 5.91 Å². The van der Waals surface area contributed by atoms with E-state index in [2.05, 4.69) is 36.5 Å². The fourth-order valence-corrected chi connectivity index (χ4v) is 3.56. The van der Waals surface area contributed by atoms with Gasteiger partial charge in [0.15, 0.2) is 0 Å². The van der Waals surface area contributed by atoms with E-state index in [1.54, 1.807) is 11.8 Å². The summed E-state index contributed by atoms with van der Waals surface area (Å²) in [6.45, 7) is 2.80. The molecule has 0 saturated heterocycles. The molecule has 2 aromatic rings. The van der Waals surface area contributed by atoms with Crippen molar-refractivity contribution in [3.05, 3.63) is 65.2 Å². The van der Waals surface area contributed by atoms with Crippen molar-refractivity contribution < 1.29 is 4.79 Å². The summed E-state index contributed by atoms with van der Waals surface area (Å²) in [5.41, 5.74) is 3.39. The van der Waals surface area contributed by atoms with Crippen molar-refractivity contribution in [3.63, 3.8) is 0 Å². The predicted octanol–water partition coefficient (Wildman–Crippen LogP) is 4.38. The predicted molar refractivity (Wildman–Crippen MR) is 97.9 cm³/mol. The molecule has 0 fully saturated rings. The van der Waals surface area contributed by atoms with Gasteiger partial charge in [-0.1, -0.05) is 42.0 Å². The van der Waals surface area contributed by atoms with Crippen LogP contribution in [0, 0.1) is 6.92 Å². The zero-order valence-electron chi connectivity index (χ0n) is 13.0. The molecule has 0 aromatic heterocycles. The molecule has 0 aliphatic rings. The fourth-order valence-electron chi connectivity index (χ4n) is 2.16. The third-order valence-corrected chi connectivity index (χ3v) is 5.06. The highest BCUT2D eigenvalue weighted by Crippen LogP contribution is 2.19. The summed E-state index contributed by atoms with van der Waals surface area (Å²) in [5.74, 6) is 1.92. The first-order valence-electron chi connectivity index (χ1n) is 7.25. The van der Waals surface area contributed by atoms with E-state index in [-0.39, 0.29) is 5.91 Å². The number of aryl methyl sites for hydroxylation is 1. The molecule has 22 heavy (non-hydrogen) atoms. The van der Waals surface area contributed by atoms with Gasteiger partial charge < -0.3 is 5.32 Å². The molecule has 1 N–H and O–H groups in total. The summed E-state index contributed by atoms with van der Waals surface area (Å²) in [5, 5.41) is 3.00. The second-order valence-corrected chi connectivity index (χ2v) is 6.95. The Morgan fingerprint density at radius 2 is 1.95 bits per heavy atom. The van der Waals surface area contributed by atoms with E-state index in [1.807, 2.05) is 42.3 Å². The quantitative estimate of drug-likeness (QED) is 0.603. The Labute approximate surface area is 141 Å². The van der Waals surface area contributed by atoms with Crippen LogP contribution in [-0.2, 0) is 5.75 Å². The van der Waals surface area contributed by atoms with Gasteiger partial charge in [-0.05, 0) is 30.9 Å². The minimum Gasteiger partial charge on any atom is -0.351 e. The first-order chi connectivity index (χ1) is 10.7. The molecule has 116 valence electrons. The van der Waals surface area contributed by atoms with E-state index in [9.17, 15) is 4.79 Å². The minimum absolute atomic E-state index is 0.0149. The highest BCUT2D eigenvalue weighted by Gasteiger charge is 2.09. The minimum atomic E-state index is 0.0149. The average molecular weight is 332 g/mol. The Bertz CT molecular complexity index is 628. The highest BCUT2D eigenvalue weighted by molar-refractivity contribution is 7.98. The van der Waals surface area contributed by atoms with E-state index in [0.29, 0.717) is 6.54 Å². The molecule has 0 spiro atoms. The monoisotopic (exact) mass is 331 g/mol. The molecule has 0 unspecified atom stereocenters. The number of amides is 1. The molecule has 2 rings (SSSR count). The van der Waals surface area contributed by atoms with Gasteiger partial charge in [-0.25, -0.2) is 0 Å². The van der Waals surface area contributed by atoms with Crippen LogP contribution in [0.2, 0.25) is 0 Å². The SMILES string of the molecule is CSc1ccccc1C(=O)NCCSCc1cccc(C)c1. The van der Waals surface area contributed by atoms with Gasteiger partial charge in [0.05, 0.1) is 5.56 Å². The third kappa shape index (κ3) is 5.11. The lowest BCUT2D eigenvalue weighted by Gasteiger charge is -2.08. The lowest BCUT2D eigenvalue weighted by Crippen LogP contribution is -2.26. The number of rotatable bonds is 7. The van der Waals surface area contributed by atoms with Crippen LogP contribution in [0.4, 0.5) is 0 Å². The Hall–Kier alpha value is -1.39. The van der Waals surface area contributed by atoms with Gasteiger partial charge in [0, 0.05) is 22.9 Å². The molecule has 2 aromatic carbocycles. The molecule has 4 heteroatoms. The summed E-state index contributed by atoms with van der Waals surface area (Å²) < 4.78 is 0. The van der Waals surface area contributed by atoms with E-state index >= 15 is 0 Å². The molecule has 0 atom stereocenters. The standard InChI is InChI=1S/C18H21NOS2/c1-14-6-5-7-15(12-14)13-22-11-10-19-18(20)16-8-3-4-9-17(16)21-2/h3-9,12H,10-11,13H2,1-2H3,(H,19,20). The van der Waals surface area contributed by atoms with Crippen molar-refractivity contribution in [2.45, 2.75) is 17.6 Å². The van der Waals surface area contributed by atoms with Crippen molar-refractivity contribution in [1.29, 1.82) is 0 Å². The van der Waals surface area contributed by atoms with E-state index < -0.39 is 0 Å². The van der Waals surface area contributed by atoms with Crippen LogP contribution in [0.1, 0.15) is 21.5 Å². The van der Waals surface area contributed by atoms with Crippen molar-refractivity contribution in [3.8, 4) is 0 Å². The van der Waals surface area contributed by atoms with Crippen LogP contribution in [0.15, 0.2) is 53.4 Å². The van der Waals surface area contributed by atoms with Crippen LogP contribution >= 0.6 is 23.5 Å². The fraction of sp³-hybridized carbons (Fsp3) is 0.278. The second-order valence-electron chi connectivity index (χ2n) is 5.00. The summed E-state index contributed by atoms with van der Waals surface area (Å²) in [4.78, 5) is 13.2. The number of thioether (sulfide) groups is 2. The maximum absolute atomic E-state index is 12.2. The molecule has 0 radical (unpaired) electrons. The van der Waals surface area contributed by atoms with Crippen molar-refractivity contribution in [1.82, 2.24) is 5.32 Å². The lowest BCUT2D eigenvalue weighted by atomic mass is 10.2. The molecule has 0 aliphatic carbocycles. The Balaban J connectivity index is 1.73. The van der Waals surface area contributed by atoms with E-state index in [4.69, 9.17) is 0 Å². The first kappa shape index (κ1) is 17.0. The number of hydrogen-bond donors (Lipinski definition) is 1. The third-order valence-electron chi connectivity index (χ3n) is 3.23. The van der Waals surface area contributed by atoms with Gasteiger partial charge >= 0.3 is 0 Å². The maximum Gasteiger partial charge on any atom is 0.252 e. The molecular formula is C18H21NOS2. The highest BCUT2D eigenvalue weighted by atomic mass is 32.2. The Morgan fingerprint density at radius 1 is 1.14 bits per heavy atom. The van der Waals surface area contributed by atoms with Crippen molar-refractivity contribution in [2.24, 2.45) is 0 Å².